The first-order valence-electron chi connectivity index (χ1n) is 7.93. The van der Waals surface area contributed by atoms with E-state index >= 15 is 0 Å². The fourth-order valence-corrected chi connectivity index (χ4v) is 3.96. The molecule has 0 aliphatic heterocycles. The Balaban J connectivity index is 1.87. The minimum Gasteiger partial charge on any atom is -0.312 e. The number of hydrogen-bond acceptors (Lipinski definition) is 2. The average molecular weight is 293 g/mol. The van der Waals surface area contributed by atoms with Gasteiger partial charge >= 0.3 is 0 Å². The highest BCUT2D eigenvalue weighted by atomic mass is 35.5. The Hall–Kier alpha value is -0.570. The summed E-state index contributed by atoms with van der Waals surface area (Å²) in [5.41, 5.74) is 1.25. The molecule has 1 aromatic rings. The minimum absolute atomic E-state index is 0.00845. The molecule has 2 saturated carbocycles. The van der Waals surface area contributed by atoms with Gasteiger partial charge in [-0.1, -0.05) is 42.6 Å². The molecular formula is C17H25ClN2. The van der Waals surface area contributed by atoms with Crippen LogP contribution in [0.15, 0.2) is 24.3 Å². The van der Waals surface area contributed by atoms with Crippen molar-refractivity contribution in [3.05, 3.63) is 34.9 Å². The maximum Gasteiger partial charge on any atom is 0.0602 e. The van der Waals surface area contributed by atoms with Gasteiger partial charge in [-0.05, 0) is 56.8 Å². The first-order valence-corrected chi connectivity index (χ1v) is 8.31. The van der Waals surface area contributed by atoms with Crippen molar-refractivity contribution in [2.24, 2.45) is 5.92 Å². The van der Waals surface area contributed by atoms with Crippen LogP contribution in [-0.2, 0) is 5.54 Å². The average Bonchev–Trinajstić information content (AvgIpc) is 3.30. The van der Waals surface area contributed by atoms with Gasteiger partial charge < -0.3 is 10.6 Å². The van der Waals surface area contributed by atoms with E-state index in [4.69, 9.17) is 11.6 Å². The Morgan fingerprint density at radius 2 is 2.00 bits per heavy atom. The summed E-state index contributed by atoms with van der Waals surface area (Å²) in [4.78, 5) is 0. The third-order valence-corrected chi connectivity index (χ3v) is 5.39. The minimum atomic E-state index is -0.00845. The lowest BCUT2D eigenvalue weighted by Crippen LogP contribution is -2.58. The van der Waals surface area contributed by atoms with Crippen molar-refractivity contribution in [2.45, 2.75) is 50.1 Å². The molecule has 2 aliphatic carbocycles. The largest absolute Gasteiger partial charge is 0.312 e. The number of benzene rings is 1. The Bertz CT molecular complexity index is 458. The van der Waals surface area contributed by atoms with Crippen LogP contribution in [0.1, 0.15) is 44.1 Å². The second-order valence-electron chi connectivity index (χ2n) is 6.35. The summed E-state index contributed by atoms with van der Waals surface area (Å²) in [6, 6.07) is 8.82. The van der Waals surface area contributed by atoms with Crippen LogP contribution in [0.25, 0.3) is 0 Å². The number of nitrogens with one attached hydrogen (secondary N) is 2. The van der Waals surface area contributed by atoms with Gasteiger partial charge in [-0.2, -0.15) is 0 Å². The second-order valence-corrected chi connectivity index (χ2v) is 6.76. The van der Waals surface area contributed by atoms with Crippen LogP contribution in [0.4, 0.5) is 0 Å². The van der Waals surface area contributed by atoms with Crippen molar-refractivity contribution in [3.63, 3.8) is 0 Å². The Labute approximate surface area is 127 Å². The van der Waals surface area contributed by atoms with Crippen molar-refractivity contribution < 1.29 is 0 Å². The van der Waals surface area contributed by atoms with E-state index in [9.17, 15) is 0 Å². The molecule has 1 aromatic carbocycles. The van der Waals surface area contributed by atoms with Crippen molar-refractivity contribution >= 4 is 11.6 Å². The Morgan fingerprint density at radius 1 is 1.20 bits per heavy atom. The molecule has 0 radical (unpaired) electrons. The number of hydrogen-bond donors (Lipinski definition) is 2. The smallest absolute Gasteiger partial charge is 0.0602 e. The van der Waals surface area contributed by atoms with Gasteiger partial charge in [-0.3, -0.25) is 0 Å². The van der Waals surface area contributed by atoms with Crippen molar-refractivity contribution in [1.82, 2.24) is 10.6 Å². The van der Waals surface area contributed by atoms with E-state index in [0.717, 1.165) is 17.4 Å². The van der Waals surface area contributed by atoms with Gasteiger partial charge in [0.15, 0.2) is 0 Å². The predicted octanol–water partition coefficient (Wildman–Crippen LogP) is 3.70. The summed E-state index contributed by atoms with van der Waals surface area (Å²) in [7, 11) is 2.08. The Morgan fingerprint density at radius 3 is 2.70 bits per heavy atom. The lowest BCUT2D eigenvalue weighted by atomic mass is 9.72. The SMILES string of the molecule is CNC1(c2ccccc2Cl)CCCCC1NCC1CC1. The molecule has 110 valence electrons. The Kier molecular flexibility index (Phi) is 4.34. The topological polar surface area (TPSA) is 24.1 Å². The lowest BCUT2D eigenvalue weighted by molar-refractivity contribution is 0.177. The highest BCUT2D eigenvalue weighted by Crippen LogP contribution is 2.40. The molecule has 2 fully saturated rings. The molecule has 0 amide bonds. The molecule has 0 heterocycles. The molecule has 2 aliphatic rings. The van der Waals surface area contributed by atoms with Crippen LogP contribution in [-0.4, -0.2) is 19.6 Å². The molecule has 0 saturated heterocycles. The van der Waals surface area contributed by atoms with E-state index in [0.29, 0.717) is 6.04 Å². The maximum absolute atomic E-state index is 6.50. The molecule has 20 heavy (non-hydrogen) atoms. The van der Waals surface area contributed by atoms with Gasteiger partial charge in [0.1, 0.15) is 0 Å². The van der Waals surface area contributed by atoms with Crippen LogP contribution in [0.3, 0.4) is 0 Å². The van der Waals surface area contributed by atoms with Crippen LogP contribution >= 0.6 is 11.6 Å². The van der Waals surface area contributed by atoms with E-state index in [-0.39, 0.29) is 5.54 Å². The zero-order chi connectivity index (χ0) is 14.0. The van der Waals surface area contributed by atoms with E-state index in [1.54, 1.807) is 0 Å². The third-order valence-electron chi connectivity index (χ3n) is 5.06. The second kappa shape index (κ2) is 6.05. The van der Waals surface area contributed by atoms with E-state index in [1.165, 1.54) is 44.2 Å². The van der Waals surface area contributed by atoms with Crippen LogP contribution in [0.5, 0.6) is 0 Å². The number of rotatable bonds is 5. The van der Waals surface area contributed by atoms with E-state index < -0.39 is 0 Å². The maximum atomic E-state index is 6.50. The zero-order valence-corrected chi connectivity index (χ0v) is 13.0. The van der Waals surface area contributed by atoms with Gasteiger partial charge in [-0.15, -0.1) is 0 Å². The molecular weight excluding hydrogens is 268 g/mol. The number of halogens is 1. The fourth-order valence-electron chi connectivity index (χ4n) is 3.66. The van der Waals surface area contributed by atoms with Crippen LogP contribution in [0, 0.1) is 5.92 Å². The standard InChI is InChI=1S/C17H25ClN2/c1-19-17(14-6-2-3-7-15(14)18)11-5-4-8-16(17)20-12-13-9-10-13/h2-3,6-7,13,16,19-20H,4-5,8-12H2,1H3. The first kappa shape index (κ1) is 14.4. The number of likely N-dealkylation sites (N-methyl/N-ethyl adjacent to an activating group) is 1. The van der Waals surface area contributed by atoms with Gasteiger partial charge in [0.2, 0.25) is 0 Å². The molecule has 2 nitrogen and oxygen atoms in total. The van der Waals surface area contributed by atoms with Gasteiger partial charge in [-0.25, -0.2) is 0 Å². The summed E-state index contributed by atoms with van der Waals surface area (Å²) in [5.74, 6) is 0.915. The van der Waals surface area contributed by atoms with Crippen molar-refractivity contribution in [2.75, 3.05) is 13.6 Å². The highest BCUT2D eigenvalue weighted by Gasteiger charge is 2.42. The molecule has 2 N–H and O–H groups in total. The van der Waals surface area contributed by atoms with Crippen LogP contribution in [0.2, 0.25) is 5.02 Å². The van der Waals surface area contributed by atoms with Crippen molar-refractivity contribution in [3.8, 4) is 0 Å². The summed E-state index contributed by atoms with van der Waals surface area (Å²) < 4.78 is 0. The molecule has 3 heteroatoms. The predicted molar refractivity (Wildman–Crippen MR) is 85.2 cm³/mol. The quantitative estimate of drug-likeness (QED) is 0.865. The molecule has 3 rings (SSSR count). The third kappa shape index (κ3) is 2.74. The summed E-state index contributed by atoms with van der Waals surface area (Å²) in [5, 5.41) is 8.34. The zero-order valence-electron chi connectivity index (χ0n) is 12.3. The molecule has 0 spiro atoms. The summed E-state index contributed by atoms with van der Waals surface area (Å²) >= 11 is 6.50. The fraction of sp³-hybridized carbons (Fsp3) is 0.647. The van der Waals surface area contributed by atoms with Crippen LogP contribution < -0.4 is 10.6 Å². The molecule has 0 aromatic heterocycles. The van der Waals surface area contributed by atoms with E-state index in [1.807, 2.05) is 12.1 Å². The molecule has 0 bridgehead atoms. The summed E-state index contributed by atoms with van der Waals surface area (Å²) in [6.45, 7) is 1.17. The first-order chi connectivity index (χ1) is 9.76. The van der Waals surface area contributed by atoms with E-state index in [2.05, 4.69) is 29.8 Å². The summed E-state index contributed by atoms with van der Waals surface area (Å²) in [6.07, 6.45) is 7.79. The lowest BCUT2D eigenvalue weighted by Gasteiger charge is -2.45. The normalized spacial score (nSPS) is 30.4. The molecule has 2 atom stereocenters. The van der Waals surface area contributed by atoms with Gasteiger partial charge in [0, 0.05) is 11.1 Å². The molecule has 2 unspecified atom stereocenters. The highest BCUT2D eigenvalue weighted by molar-refractivity contribution is 6.31. The van der Waals surface area contributed by atoms with Gasteiger partial charge in [0.05, 0.1) is 5.54 Å². The van der Waals surface area contributed by atoms with Crippen molar-refractivity contribution in [1.29, 1.82) is 0 Å². The monoisotopic (exact) mass is 292 g/mol. The van der Waals surface area contributed by atoms with Gasteiger partial charge in [0.25, 0.3) is 0 Å².